The third kappa shape index (κ3) is 6.34. The van der Waals surface area contributed by atoms with E-state index < -0.39 is 5.97 Å². The molecule has 0 heterocycles. The Morgan fingerprint density at radius 2 is 1.45 bits per heavy atom. The summed E-state index contributed by atoms with van der Waals surface area (Å²) < 4.78 is 5.85. The van der Waals surface area contributed by atoms with E-state index in [0.717, 1.165) is 41.9 Å². The summed E-state index contributed by atoms with van der Waals surface area (Å²) in [6.07, 6.45) is 26.9. The van der Waals surface area contributed by atoms with Crippen molar-refractivity contribution in [2.75, 3.05) is 6.61 Å². The van der Waals surface area contributed by atoms with Crippen LogP contribution in [0.15, 0.2) is 36.0 Å². The van der Waals surface area contributed by atoms with Crippen molar-refractivity contribution in [3.05, 3.63) is 36.0 Å². The maximum absolute atomic E-state index is 10.4. The lowest BCUT2D eigenvalue weighted by Crippen LogP contribution is -2.20. The number of carboxylic acids is 1. The van der Waals surface area contributed by atoms with E-state index in [0.29, 0.717) is 13.0 Å². The van der Waals surface area contributed by atoms with Gasteiger partial charge in [0.05, 0.1) is 6.10 Å². The van der Waals surface area contributed by atoms with Crippen molar-refractivity contribution in [1.29, 1.82) is 0 Å². The molecule has 3 nitrogen and oxygen atoms in total. The van der Waals surface area contributed by atoms with E-state index in [1.54, 1.807) is 0 Å². The molecule has 6 aliphatic carbocycles. The number of rotatable bonds is 7. The summed E-state index contributed by atoms with van der Waals surface area (Å²) in [5.74, 6) is 4.78. The molecule has 0 amide bonds. The molecule has 3 fully saturated rings. The number of hydrogen-bond acceptors (Lipinski definition) is 2. The third-order valence-electron chi connectivity index (χ3n) is 8.31. The fourth-order valence-corrected chi connectivity index (χ4v) is 6.58. The second-order valence-electron chi connectivity index (χ2n) is 10.6. The molecule has 0 radical (unpaired) electrons. The lowest BCUT2D eigenvalue weighted by molar-refractivity contribution is -0.137. The van der Waals surface area contributed by atoms with Gasteiger partial charge in [0.15, 0.2) is 0 Å². The molecule has 6 bridgehead atoms. The molecule has 6 aliphatic rings. The van der Waals surface area contributed by atoms with Crippen LogP contribution in [0.1, 0.15) is 84.0 Å². The van der Waals surface area contributed by atoms with Crippen molar-refractivity contribution >= 4 is 5.97 Å². The number of aliphatic carboxylic acids is 1. The third-order valence-corrected chi connectivity index (χ3v) is 8.31. The molecule has 3 heteroatoms. The van der Waals surface area contributed by atoms with Gasteiger partial charge in [-0.05, 0) is 112 Å². The van der Waals surface area contributed by atoms with Crippen LogP contribution >= 0.6 is 0 Å². The Kier molecular flexibility index (Phi) is 8.09. The minimum atomic E-state index is -0.735. The van der Waals surface area contributed by atoms with Crippen LogP contribution in [0.5, 0.6) is 0 Å². The van der Waals surface area contributed by atoms with E-state index in [2.05, 4.69) is 37.3 Å². The van der Waals surface area contributed by atoms with Crippen molar-refractivity contribution < 1.29 is 14.6 Å². The van der Waals surface area contributed by atoms with Gasteiger partial charge in [0.25, 0.3) is 0 Å². The molecule has 172 valence electrons. The van der Waals surface area contributed by atoms with E-state index in [1.165, 1.54) is 63.4 Å². The summed E-state index contributed by atoms with van der Waals surface area (Å²) in [5, 5.41) is 8.57. The van der Waals surface area contributed by atoms with Crippen molar-refractivity contribution in [2.24, 2.45) is 35.5 Å². The molecule has 0 spiro atoms. The number of fused-ring (bicyclic) bond motifs is 6. The monoisotopic (exact) mass is 426 g/mol. The summed E-state index contributed by atoms with van der Waals surface area (Å²) in [6, 6.07) is 0. The Morgan fingerprint density at radius 1 is 0.903 bits per heavy atom. The van der Waals surface area contributed by atoms with Gasteiger partial charge in [0.1, 0.15) is 0 Å². The fraction of sp³-hybridized carbons (Fsp3) is 0.750. The molecule has 7 unspecified atom stereocenters. The lowest BCUT2D eigenvalue weighted by Gasteiger charge is -2.23. The molecular formula is C28H42O3. The highest BCUT2D eigenvalue weighted by molar-refractivity contribution is 5.66. The van der Waals surface area contributed by atoms with Crippen LogP contribution in [0.2, 0.25) is 0 Å². The zero-order chi connectivity index (χ0) is 21.6. The highest BCUT2D eigenvalue weighted by atomic mass is 16.5. The first-order chi connectivity index (χ1) is 15.1. The van der Waals surface area contributed by atoms with Crippen molar-refractivity contribution in [1.82, 2.24) is 0 Å². The molecule has 0 aromatic rings. The zero-order valence-corrected chi connectivity index (χ0v) is 19.4. The first kappa shape index (κ1) is 22.8. The Morgan fingerprint density at radius 3 is 1.77 bits per heavy atom. The van der Waals surface area contributed by atoms with Gasteiger partial charge in [0, 0.05) is 13.0 Å². The standard InChI is InChI=1S/C14H22O3.2C7H10/c1-2-13(17-7-3-4-14(15)16)12-9-10-5-6-11(12)8-10;2*1-2-7-4-3-6(1)5-7/h9-11,13H,2-8H2,1H3,(H,15,16);2*1-2,6-7H,3-5H2. The van der Waals surface area contributed by atoms with Crippen LogP contribution in [0.3, 0.4) is 0 Å². The molecule has 0 aromatic heterocycles. The molecule has 3 saturated carbocycles. The minimum Gasteiger partial charge on any atom is -0.481 e. The summed E-state index contributed by atoms with van der Waals surface area (Å²) in [7, 11) is 0. The maximum Gasteiger partial charge on any atom is 0.303 e. The van der Waals surface area contributed by atoms with Crippen molar-refractivity contribution in [2.45, 2.75) is 90.1 Å². The van der Waals surface area contributed by atoms with E-state index in [1.807, 2.05) is 0 Å². The molecule has 7 atom stereocenters. The Bertz CT molecular complexity index is 638. The zero-order valence-electron chi connectivity index (χ0n) is 19.4. The van der Waals surface area contributed by atoms with Crippen LogP contribution in [0, 0.1) is 35.5 Å². The SMILES string of the molecule is C1=CC2CCC1C2.C1=CC2CCC1C2.CCC(OCCCC(=O)O)C1=CC2CCC1C2. The molecule has 6 rings (SSSR count). The quantitative estimate of drug-likeness (QED) is 0.354. The van der Waals surface area contributed by atoms with Gasteiger partial charge in [-0.2, -0.15) is 0 Å². The molecule has 0 aromatic carbocycles. The summed E-state index contributed by atoms with van der Waals surface area (Å²) >= 11 is 0. The van der Waals surface area contributed by atoms with E-state index in [-0.39, 0.29) is 12.5 Å². The van der Waals surface area contributed by atoms with Gasteiger partial charge in [-0.25, -0.2) is 0 Å². The predicted molar refractivity (Wildman–Crippen MR) is 126 cm³/mol. The van der Waals surface area contributed by atoms with Crippen LogP contribution < -0.4 is 0 Å². The van der Waals surface area contributed by atoms with E-state index in [9.17, 15) is 4.79 Å². The van der Waals surface area contributed by atoms with Crippen LogP contribution in [-0.4, -0.2) is 23.8 Å². The second kappa shape index (κ2) is 11.0. The average molecular weight is 427 g/mol. The van der Waals surface area contributed by atoms with Gasteiger partial charge in [-0.1, -0.05) is 37.3 Å². The van der Waals surface area contributed by atoms with Crippen molar-refractivity contribution in [3.8, 4) is 0 Å². The molecule has 1 N–H and O–H groups in total. The van der Waals surface area contributed by atoms with Crippen LogP contribution in [-0.2, 0) is 9.53 Å². The number of carboxylic acid groups (broad SMARTS) is 1. The fourth-order valence-electron chi connectivity index (χ4n) is 6.58. The summed E-state index contributed by atoms with van der Waals surface area (Å²) in [5.41, 5.74) is 1.50. The minimum absolute atomic E-state index is 0.210. The van der Waals surface area contributed by atoms with Gasteiger partial charge in [-0.3, -0.25) is 4.79 Å². The first-order valence-corrected chi connectivity index (χ1v) is 13.0. The number of ether oxygens (including phenoxy) is 1. The maximum atomic E-state index is 10.4. The number of carbonyl (C=O) groups is 1. The van der Waals surface area contributed by atoms with Crippen LogP contribution in [0.4, 0.5) is 0 Å². The highest BCUT2D eigenvalue weighted by Crippen LogP contribution is 2.46. The first-order valence-electron chi connectivity index (χ1n) is 13.0. The second-order valence-corrected chi connectivity index (χ2v) is 10.6. The number of allylic oxidation sites excluding steroid dienone is 5. The van der Waals surface area contributed by atoms with Crippen LogP contribution in [0.25, 0.3) is 0 Å². The number of hydrogen-bond donors (Lipinski definition) is 1. The van der Waals surface area contributed by atoms with Gasteiger partial charge in [-0.15, -0.1) is 0 Å². The van der Waals surface area contributed by atoms with Crippen molar-refractivity contribution in [3.63, 3.8) is 0 Å². The smallest absolute Gasteiger partial charge is 0.303 e. The van der Waals surface area contributed by atoms with E-state index >= 15 is 0 Å². The van der Waals surface area contributed by atoms with E-state index in [4.69, 9.17) is 9.84 Å². The lowest BCUT2D eigenvalue weighted by atomic mass is 9.93. The topological polar surface area (TPSA) is 46.5 Å². The largest absolute Gasteiger partial charge is 0.481 e. The summed E-state index contributed by atoms with van der Waals surface area (Å²) in [4.78, 5) is 10.4. The summed E-state index contributed by atoms with van der Waals surface area (Å²) in [6.45, 7) is 2.72. The molecular weight excluding hydrogens is 384 g/mol. The van der Waals surface area contributed by atoms with Gasteiger partial charge in [0.2, 0.25) is 0 Å². The highest BCUT2D eigenvalue weighted by Gasteiger charge is 2.35. The average Bonchev–Trinajstić information content (AvgIpc) is 3.62. The molecule has 0 aliphatic heterocycles. The molecule has 0 saturated heterocycles. The Balaban J connectivity index is 0.000000133. The van der Waals surface area contributed by atoms with Gasteiger partial charge < -0.3 is 9.84 Å². The Labute approximate surface area is 189 Å². The van der Waals surface area contributed by atoms with Gasteiger partial charge >= 0.3 is 5.97 Å². The Hall–Kier alpha value is -1.35. The normalized spacial score (nSPS) is 36.1. The predicted octanol–water partition coefficient (Wildman–Crippen LogP) is 6.95. The molecule has 31 heavy (non-hydrogen) atoms.